The van der Waals surface area contributed by atoms with Crippen LogP contribution >= 0.6 is 7.80 Å². The lowest BCUT2D eigenvalue weighted by molar-refractivity contribution is 0.0764. The first kappa shape index (κ1) is 35.4. The van der Waals surface area contributed by atoms with Crippen LogP contribution in [0.5, 0.6) is 23.0 Å². The van der Waals surface area contributed by atoms with E-state index in [1.807, 2.05) is 13.8 Å². The van der Waals surface area contributed by atoms with Gasteiger partial charge in [0, 0.05) is 35.3 Å². The highest BCUT2D eigenvalue weighted by molar-refractivity contribution is 7.44. The first-order valence-corrected chi connectivity index (χ1v) is 16.2. The molecule has 0 aliphatic heterocycles. The van der Waals surface area contributed by atoms with Crippen molar-refractivity contribution in [2.45, 2.75) is 68.2 Å². The first-order chi connectivity index (χ1) is 19.3. The minimum Gasteiger partial charge on any atom is -0.497 e. The average molecular weight is 603 g/mol. The molecule has 2 atom stereocenters. The van der Waals surface area contributed by atoms with E-state index in [9.17, 15) is 14.2 Å². The van der Waals surface area contributed by atoms with E-state index in [1.165, 1.54) is 14.2 Å². The molecule has 0 aromatic heterocycles. The number of hydrogen-bond donors (Lipinski definition) is 0. The molecule has 2 unspecified atom stereocenters. The van der Waals surface area contributed by atoms with E-state index in [4.69, 9.17) is 18.9 Å². The number of Topliss-reactive ketones (excluding diaryl/α,β-unsaturated/α-hetero) is 2. The SMILES string of the molecule is COc1ccc(C(=O)C(C)(C[PH](=O)CC(C)(CC(C)(C)C)C(=O)c2ccc(OC)cc2OC)CC(C)(C)C)c(OC)c1. The summed E-state index contributed by atoms with van der Waals surface area (Å²) in [6.45, 7) is 16.2. The van der Waals surface area contributed by atoms with Gasteiger partial charge in [0.2, 0.25) is 0 Å². The lowest BCUT2D eigenvalue weighted by atomic mass is 9.72. The first-order valence-electron chi connectivity index (χ1n) is 14.4. The second kappa shape index (κ2) is 13.7. The maximum Gasteiger partial charge on any atom is 0.172 e. The Morgan fingerprint density at radius 3 is 1.19 bits per heavy atom. The van der Waals surface area contributed by atoms with E-state index < -0.39 is 18.6 Å². The van der Waals surface area contributed by atoms with E-state index in [-0.39, 0.29) is 34.7 Å². The number of ketones is 2. The topological polar surface area (TPSA) is 88.1 Å². The van der Waals surface area contributed by atoms with E-state index >= 15 is 0 Å². The van der Waals surface area contributed by atoms with Crippen molar-refractivity contribution in [2.75, 3.05) is 40.8 Å². The second-order valence-corrected chi connectivity index (χ2v) is 16.1. The van der Waals surface area contributed by atoms with Crippen LogP contribution in [0.4, 0.5) is 0 Å². The number of benzene rings is 2. The molecule has 0 amide bonds. The Bertz CT molecular complexity index is 1190. The standard InChI is InChI=1S/C34H51O7P/c1-31(2,3)19-33(7,29(35)25-15-13-23(38-9)17-27(25)40-11)21-42(37)22-34(8,20-32(4,5)6)30(36)26-16-14-24(39-10)18-28(26)41-12/h13-18,42H,19-22H2,1-12H3. The Morgan fingerprint density at radius 2 is 0.929 bits per heavy atom. The molecule has 0 N–H and O–H groups in total. The van der Waals surface area contributed by atoms with Gasteiger partial charge in [-0.3, -0.25) is 9.59 Å². The highest BCUT2D eigenvalue weighted by Crippen LogP contribution is 2.49. The summed E-state index contributed by atoms with van der Waals surface area (Å²) in [6.07, 6.45) is 1.38. The molecule has 0 bridgehead atoms. The summed E-state index contributed by atoms with van der Waals surface area (Å²) in [5, 5.41) is 0. The molecule has 0 aliphatic carbocycles. The van der Waals surface area contributed by atoms with Gasteiger partial charge in [-0.1, -0.05) is 55.4 Å². The van der Waals surface area contributed by atoms with Crippen molar-refractivity contribution in [3.8, 4) is 23.0 Å². The van der Waals surface area contributed by atoms with Gasteiger partial charge in [0.1, 0.15) is 23.0 Å². The molecular formula is C34H51O7P. The van der Waals surface area contributed by atoms with Crippen LogP contribution in [0.25, 0.3) is 0 Å². The summed E-state index contributed by atoms with van der Waals surface area (Å²) in [5.41, 5.74) is -1.47. The third-order valence-corrected chi connectivity index (χ3v) is 9.77. The molecule has 8 heteroatoms. The van der Waals surface area contributed by atoms with Crippen molar-refractivity contribution in [3.63, 3.8) is 0 Å². The fraction of sp³-hybridized carbons (Fsp3) is 0.588. The fourth-order valence-electron chi connectivity index (χ4n) is 6.34. The van der Waals surface area contributed by atoms with Crippen LogP contribution < -0.4 is 18.9 Å². The Labute approximate surface area is 253 Å². The van der Waals surface area contributed by atoms with Gasteiger partial charge >= 0.3 is 0 Å². The number of rotatable bonds is 14. The van der Waals surface area contributed by atoms with Gasteiger partial charge in [-0.2, -0.15) is 0 Å². The third-order valence-electron chi connectivity index (χ3n) is 7.42. The maximum absolute atomic E-state index is 14.2. The molecule has 0 fully saturated rings. The molecule has 0 heterocycles. The van der Waals surface area contributed by atoms with Crippen LogP contribution in [0.2, 0.25) is 0 Å². The summed E-state index contributed by atoms with van der Waals surface area (Å²) >= 11 is 0. The molecule has 0 saturated heterocycles. The quantitative estimate of drug-likeness (QED) is 0.159. The molecular weight excluding hydrogens is 551 g/mol. The molecule has 2 aromatic carbocycles. The molecule has 2 aromatic rings. The molecule has 7 nitrogen and oxygen atoms in total. The number of carbonyl (C=O) groups is 2. The number of carbonyl (C=O) groups excluding carboxylic acids is 2. The van der Waals surface area contributed by atoms with Crippen LogP contribution in [-0.4, -0.2) is 52.3 Å². The van der Waals surface area contributed by atoms with Crippen LogP contribution in [-0.2, 0) is 4.57 Å². The minimum absolute atomic E-state index is 0.129. The van der Waals surface area contributed by atoms with Crippen molar-refractivity contribution in [1.29, 1.82) is 0 Å². The lowest BCUT2D eigenvalue weighted by Gasteiger charge is -2.38. The highest BCUT2D eigenvalue weighted by atomic mass is 31.1. The summed E-state index contributed by atoms with van der Waals surface area (Å²) in [6, 6.07) is 10.3. The molecule has 234 valence electrons. The van der Waals surface area contributed by atoms with Crippen LogP contribution in [0.3, 0.4) is 0 Å². The van der Waals surface area contributed by atoms with Gasteiger partial charge < -0.3 is 23.5 Å². The van der Waals surface area contributed by atoms with Gasteiger partial charge in [0.25, 0.3) is 0 Å². The largest absolute Gasteiger partial charge is 0.497 e. The zero-order chi connectivity index (χ0) is 32.1. The summed E-state index contributed by atoms with van der Waals surface area (Å²) < 4.78 is 36.0. The molecule has 42 heavy (non-hydrogen) atoms. The van der Waals surface area contributed by atoms with Crippen molar-refractivity contribution in [2.24, 2.45) is 21.7 Å². The van der Waals surface area contributed by atoms with E-state index in [1.54, 1.807) is 50.6 Å². The monoisotopic (exact) mass is 602 g/mol. The zero-order valence-corrected chi connectivity index (χ0v) is 28.7. The van der Waals surface area contributed by atoms with Crippen LogP contribution in [0.1, 0.15) is 88.9 Å². The minimum atomic E-state index is -2.44. The summed E-state index contributed by atoms with van der Waals surface area (Å²) in [7, 11) is 3.72. The lowest BCUT2D eigenvalue weighted by Crippen LogP contribution is -2.38. The number of ether oxygens (including phenoxy) is 4. The summed E-state index contributed by atoms with van der Waals surface area (Å²) in [5.74, 6) is 1.74. The van der Waals surface area contributed by atoms with Crippen LogP contribution in [0, 0.1) is 21.7 Å². The Hall–Kier alpha value is -2.79. The van der Waals surface area contributed by atoms with E-state index in [2.05, 4.69) is 41.5 Å². The van der Waals surface area contributed by atoms with Gasteiger partial charge in [0.05, 0.1) is 47.4 Å². The smallest absolute Gasteiger partial charge is 0.172 e. The van der Waals surface area contributed by atoms with Crippen molar-refractivity contribution >= 4 is 19.4 Å². The summed E-state index contributed by atoms with van der Waals surface area (Å²) in [4.78, 5) is 28.4. The molecule has 0 radical (unpaired) electrons. The molecule has 0 spiro atoms. The second-order valence-electron chi connectivity index (χ2n) is 14.3. The number of methoxy groups -OCH3 is 4. The fourth-order valence-corrected chi connectivity index (χ4v) is 8.78. The van der Waals surface area contributed by atoms with Crippen molar-refractivity contribution in [3.05, 3.63) is 47.5 Å². The van der Waals surface area contributed by atoms with Crippen molar-refractivity contribution in [1.82, 2.24) is 0 Å². The van der Waals surface area contributed by atoms with Crippen LogP contribution in [0.15, 0.2) is 36.4 Å². The third kappa shape index (κ3) is 9.10. The normalized spacial score (nSPS) is 15.6. The Balaban J connectivity index is 2.53. The maximum atomic E-state index is 14.2. The van der Waals surface area contributed by atoms with Crippen molar-refractivity contribution < 1.29 is 33.1 Å². The predicted molar refractivity (Wildman–Crippen MR) is 171 cm³/mol. The molecule has 0 aliphatic rings. The molecule has 0 saturated carbocycles. The van der Waals surface area contributed by atoms with E-state index in [0.717, 1.165) is 0 Å². The van der Waals surface area contributed by atoms with Gasteiger partial charge in [-0.05, 0) is 47.9 Å². The van der Waals surface area contributed by atoms with Gasteiger partial charge in [-0.25, -0.2) is 0 Å². The average Bonchev–Trinajstić information content (AvgIpc) is 2.88. The number of hydrogen-bond acceptors (Lipinski definition) is 7. The predicted octanol–water partition coefficient (Wildman–Crippen LogP) is 8.23. The Morgan fingerprint density at radius 1 is 0.595 bits per heavy atom. The van der Waals surface area contributed by atoms with Gasteiger partial charge in [-0.15, -0.1) is 0 Å². The Kier molecular flexibility index (Phi) is 11.5. The van der Waals surface area contributed by atoms with E-state index in [0.29, 0.717) is 47.0 Å². The molecule has 2 rings (SSSR count). The zero-order valence-electron chi connectivity index (χ0n) is 27.7. The highest BCUT2D eigenvalue weighted by Gasteiger charge is 2.44. The van der Waals surface area contributed by atoms with Gasteiger partial charge in [0.15, 0.2) is 11.6 Å².